The van der Waals surface area contributed by atoms with Gasteiger partial charge in [0.1, 0.15) is 0 Å². The third kappa shape index (κ3) is 3.48. The Hall–Kier alpha value is -3.44. The lowest BCUT2D eigenvalue weighted by molar-refractivity contribution is 0.0953. The first-order chi connectivity index (χ1) is 14.7. The number of hydrogen-bond donors (Lipinski definition) is 1. The number of aromatic nitrogens is 2. The third-order valence-corrected chi connectivity index (χ3v) is 5.83. The number of nitrogen functional groups attached to an aromatic ring is 1. The average Bonchev–Trinajstić information content (AvgIpc) is 3.26. The molecule has 1 aliphatic heterocycles. The van der Waals surface area contributed by atoms with Crippen LogP contribution in [-0.4, -0.2) is 22.3 Å². The lowest BCUT2D eigenvalue weighted by Crippen LogP contribution is -2.29. The Labute approximate surface area is 174 Å². The summed E-state index contributed by atoms with van der Waals surface area (Å²) in [7, 11) is 0. The van der Waals surface area contributed by atoms with Gasteiger partial charge in [-0.2, -0.15) is 0 Å². The Morgan fingerprint density at radius 2 is 1.70 bits per heavy atom. The van der Waals surface area contributed by atoms with Crippen molar-refractivity contribution in [2.45, 2.75) is 25.0 Å². The molecule has 30 heavy (non-hydrogen) atoms. The first kappa shape index (κ1) is 18.6. The molecule has 0 radical (unpaired) electrons. The van der Waals surface area contributed by atoms with Gasteiger partial charge >= 0.3 is 0 Å². The lowest BCUT2D eigenvalue weighted by Gasteiger charge is -2.15. The minimum absolute atomic E-state index is 0.0574. The standard InChI is InChI=1S/C25H23N3O2/c26-25-27-23-14-19(17-7-3-1-4-8-17)11-12-22(23)24(29)28(25)15-21-13-20(16-30-21)18-9-5-2-6-10-18/h1-12,14,20-21H,13,15-16H2,(H2,26,27). The van der Waals surface area contributed by atoms with Crippen LogP contribution in [0, 0.1) is 0 Å². The number of nitrogens with zero attached hydrogens (tertiary/aromatic N) is 2. The predicted octanol–water partition coefficient (Wildman–Crippen LogP) is 4.22. The highest BCUT2D eigenvalue weighted by atomic mass is 16.5. The maximum Gasteiger partial charge on any atom is 0.262 e. The van der Waals surface area contributed by atoms with Crippen LogP contribution >= 0.6 is 0 Å². The number of benzene rings is 3. The van der Waals surface area contributed by atoms with Crippen molar-refractivity contribution in [1.29, 1.82) is 0 Å². The van der Waals surface area contributed by atoms with Crippen LogP contribution in [0.4, 0.5) is 5.95 Å². The van der Waals surface area contributed by atoms with Gasteiger partial charge in [0.2, 0.25) is 5.95 Å². The van der Waals surface area contributed by atoms with E-state index in [4.69, 9.17) is 10.5 Å². The van der Waals surface area contributed by atoms with E-state index < -0.39 is 0 Å². The van der Waals surface area contributed by atoms with Crippen molar-refractivity contribution in [2.24, 2.45) is 0 Å². The van der Waals surface area contributed by atoms with Crippen molar-refractivity contribution in [3.05, 3.63) is 94.8 Å². The molecule has 2 N–H and O–H groups in total. The number of hydrogen-bond acceptors (Lipinski definition) is 4. The summed E-state index contributed by atoms with van der Waals surface area (Å²) in [5.74, 6) is 0.569. The first-order valence-corrected chi connectivity index (χ1v) is 10.2. The third-order valence-electron chi connectivity index (χ3n) is 5.83. The van der Waals surface area contributed by atoms with Gasteiger partial charge in [0.05, 0.1) is 30.2 Å². The van der Waals surface area contributed by atoms with Crippen molar-refractivity contribution in [2.75, 3.05) is 12.3 Å². The van der Waals surface area contributed by atoms with E-state index in [-0.39, 0.29) is 17.6 Å². The van der Waals surface area contributed by atoms with Crippen LogP contribution < -0.4 is 11.3 Å². The first-order valence-electron chi connectivity index (χ1n) is 10.2. The summed E-state index contributed by atoms with van der Waals surface area (Å²) in [5, 5.41) is 0.571. The van der Waals surface area contributed by atoms with Crippen LogP contribution in [0.1, 0.15) is 17.9 Å². The molecular formula is C25H23N3O2. The van der Waals surface area contributed by atoms with E-state index in [0.29, 0.717) is 30.0 Å². The zero-order valence-electron chi connectivity index (χ0n) is 16.6. The molecule has 0 aliphatic carbocycles. The molecule has 5 rings (SSSR count). The smallest absolute Gasteiger partial charge is 0.262 e. The summed E-state index contributed by atoms with van der Waals surface area (Å²) >= 11 is 0. The van der Waals surface area contributed by atoms with Gasteiger partial charge in [-0.15, -0.1) is 0 Å². The monoisotopic (exact) mass is 397 g/mol. The molecule has 2 atom stereocenters. The molecule has 0 saturated carbocycles. The minimum Gasteiger partial charge on any atom is -0.376 e. The lowest BCUT2D eigenvalue weighted by atomic mass is 9.96. The van der Waals surface area contributed by atoms with E-state index in [1.807, 2.05) is 66.7 Å². The number of nitrogens with two attached hydrogens (primary N) is 1. The highest BCUT2D eigenvalue weighted by Gasteiger charge is 2.28. The molecule has 2 unspecified atom stereocenters. The van der Waals surface area contributed by atoms with E-state index in [0.717, 1.165) is 17.5 Å². The molecule has 150 valence electrons. The van der Waals surface area contributed by atoms with E-state index in [1.54, 1.807) is 4.57 Å². The number of ether oxygens (including phenoxy) is 1. The van der Waals surface area contributed by atoms with Gasteiger partial charge in [-0.25, -0.2) is 4.98 Å². The molecule has 1 saturated heterocycles. The van der Waals surface area contributed by atoms with E-state index in [2.05, 4.69) is 17.1 Å². The predicted molar refractivity (Wildman–Crippen MR) is 119 cm³/mol. The summed E-state index contributed by atoms with van der Waals surface area (Å²) in [6, 6.07) is 26.1. The summed E-state index contributed by atoms with van der Waals surface area (Å²) in [5.41, 5.74) is 10.0. The van der Waals surface area contributed by atoms with Crippen molar-refractivity contribution in [1.82, 2.24) is 9.55 Å². The van der Waals surface area contributed by atoms with Gasteiger partial charge in [0.25, 0.3) is 5.56 Å². The van der Waals surface area contributed by atoms with Crippen LogP contribution in [0.2, 0.25) is 0 Å². The normalized spacial score (nSPS) is 18.7. The Kier molecular flexibility index (Phi) is 4.81. The Bertz CT molecular complexity index is 1240. The summed E-state index contributed by atoms with van der Waals surface area (Å²) in [4.78, 5) is 17.7. The quantitative estimate of drug-likeness (QED) is 0.560. The van der Waals surface area contributed by atoms with Crippen LogP contribution in [0.15, 0.2) is 83.7 Å². The van der Waals surface area contributed by atoms with E-state index in [1.165, 1.54) is 5.56 Å². The maximum atomic E-state index is 13.1. The van der Waals surface area contributed by atoms with Crippen molar-refractivity contribution in [3.8, 4) is 11.1 Å². The minimum atomic E-state index is -0.121. The van der Waals surface area contributed by atoms with Crippen molar-refractivity contribution >= 4 is 16.9 Å². The van der Waals surface area contributed by atoms with Gasteiger partial charge in [-0.3, -0.25) is 9.36 Å². The van der Waals surface area contributed by atoms with E-state index in [9.17, 15) is 4.79 Å². The van der Waals surface area contributed by atoms with Gasteiger partial charge < -0.3 is 10.5 Å². The van der Waals surface area contributed by atoms with E-state index >= 15 is 0 Å². The largest absolute Gasteiger partial charge is 0.376 e. The number of anilines is 1. The second kappa shape index (κ2) is 7.76. The fourth-order valence-corrected chi connectivity index (χ4v) is 4.22. The Morgan fingerprint density at radius 1 is 0.967 bits per heavy atom. The van der Waals surface area contributed by atoms with Gasteiger partial charge in [-0.05, 0) is 35.2 Å². The number of rotatable bonds is 4. The summed E-state index contributed by atoms with van der Waals surface area (Å²) < 4.78 is 7.52. The summed E-state index contributed by atoms with van der Waals surface area (Å²) in [6.45, 7) is 1.07. The molecule has 1 fully saturated rings. The fourth-order valence-electron chi connectivity index (χ4n) is 4.22. The van der Waals surface area contributed by atoms with Crippen LogP contribution in [0.3, 0.4) is 0 Å². The molecule has 0 spiro atoms. The number of fused-ring (bicyclic) bond motifs is 1. The van der Waals surface area contributed by atoms with Crippen LogP contribution in [0.5, 0.6) is 0 Å². The van der Waals surface area contributed by atoms with Crippen LogP contribution in [-0.2, 0) is 11.3 Å². The Balaban J connectivity index is 1.42. The molecule has 5 heteroatoms. The van der Waals surface area contributed by atoms with Crippen LogP contribution in [0.25, 0.3) is 22.0 Å². The SMILES string of the molecule is Nc1nc2cc(-c3ccccc3)ccc2c(=O)n1CC1CC(c2ccccc2)CO1. The van der Waals surface area contributed by atoms with Crippen molar-refractivity contribution < 1.29 is 4.74 Å². The highest BCUT2D eigenvalue weighted by Crippen LogP contribution is 2.30. The average molecular weight is 397 g/mol. The maximum absolute atomic E-state index is 13.1. The fraction of sp³-hybridized carbons (Fsp3) is 0.200. The molecular weight excluding hydrogens is 374 g/mol. The molecule has 2 heterocycles. The Morgan fingerprint density at radius 3 is 2.47 bits per heavy atom. The molecule has 1 aliphatic rings. The molecule has 3 aromatic carbocycles. The molecule has 5 nitrogen and oxygen atoms in total. The van der Waals surface area contributed by atoms with Gasteiger partial charge in [-0.1, -0.05) is 66.7 Å². The van der Waals surface area contributed by atoms with Gasteiger partial charge in [0.15, 0.2) is 0 Å². The second-order valence-corrected chi connectivity index (χ2v) is 7.78. The topological polar surface area (TPSA) is 70.1 Å². The summed E-state index contributed by atoms with van der Waals surface area (Å²) in [6.07, 6.45) is 0.805. The second-order valence-electron chi connectivity index (χ2n) is 7.78. The highest BCUT2D eigenvalue weighted by molar-refractivity contribution is 5.84. The van der Waals surface area contributed by atoms with Crippen molar-refractivity contribution in [3.63, 3.8) is 0 Å². The van der Waals surface area contributed by atoms with Gasteiger partial charge in [0, 0.05) is 5.92 Å². The zero-order valence-corrected chi connectivity index (χ0v) is 16.6. The molecule has 0 amide bonds. The molecule has 4 aromatic rings. The molecule has 1 aromatic heterocycles. The molecule has 0 bridgehead atoms. The zero-order chi connectivity index (χ0) is 20.5.